The number of nitriles is 1. The molecule has 0 amide bonds. The van der Waals surface area contributed by atoms with Gasteiger partial charge in [0, 0.05) is 18.6 Å². The fraction of sp³-hybridized carbons (Fsp3) is 0.500. The van der Waals surface area contributed by atoms with Gasteiger partial charge >= 0.3 is 0 Å². The van der Waals surface area contributed by atoms with Gasteiger partial charge in [-0.25, -0.2) is 0 Å². The highest BCUT2D eigenvalue weighted by Crippen LogP contribution is 2.32. The van der Waals surface area contributed by atoms with Crippen molar-refractivity contribution in [1.82, 2.24) is 0 Å². The van der Waals surface area contributed by atoms with Crippen LogP contribution in [0.2, 0.25) is 5.02 Å². The molecule has 2 N–H and O–H groups in total. The van der Waals surface area contributed by atoms with Crippen molar-refractivity contribution in [2.45, 2.75) is 38.3 Å². The SMILES string of the molecule is CC(N)C1CCCCN1c1cccc(Cl)c1C#N. The van der Waals surface area contributed by atoms with E-state index in [4.69, 9.17) is 17.3 Å². The van der Waals surface area contributed by atoms with Gasteiger partial charge in [0.2, 0.25) is 0 Å². The van der Waals surface area contributed by atoms with E-state index in [0.717, 1.165) is 25.1 Å². The molecule has 1 aromatic rings. The molecule has 1 saturated heterocycles. The van der Waals surface area contributed by atoms with E-state index < -0.39 is 0 Å². The number of anilines is 1. The molecule has 96 valence electrons. The van der Waals surface area contributed by atoms with Gasteiger partial charge in [-0.15, -0.1) is 0 Å². The molecule has 0 aromatic heterocycles. The predicted molar refractivity (Wildman–Crippen MR) is 74.8 cm³/mol. The van der Waals surface area contributed by atoms with Crippen LogP contribution in [0, 0.1) is 11.3 Å². The quantitative estimate of drug-likeness (QED) is 0.893. The Morgan fingerprint density at radius 1 is 1.50 bits per heavy atom. The van der Waals surface area contributed by atoms with Gasteiger partial charge in [-0.3, -0.25) is 0 Å². The van der Waals surface area contributed by atoms with Crippen LogP contribution in [0.15, 0.2) is 18.2 Å². The molecule has 0 saturated carbocycles. The Bertz CT molecular complexity index is 465. The average molecular weight is 264 g/mol. The topological polar surface area (TPSA) is 53.0 Å². The summed E-state index contributed by atoms with van der Waals surface area (Å²) in [6.07, 6.45) is 3.42. The first-order valence-electron chi connectivity index (χ1n) is 6.36. The minimum atomic E-state index is 0.0934. The second-order valence-electron chi connectivity index (χ2n) is 4.86. The Morgan fingerprint density at radius 2 is 2.28 bits per heavy atom. The minimum absolute atomic E-state index is 0.0934. The number of halogens is 1. The van der Waals surface area contributed by atoms with Crippen LogP contribution in [0.3, 0.4) is 0 Å². The lowest BCUT2D eigenvalue weighted by molar-refractivity contribution is 0.413. The van der Waals surface area contributed by atoms with E-state index in [1.165, 1.54) is 6.42 Å². The van der Waals surface area contributed by atoms with E-state index in [1.54, 1.807) is 6.07 Å². The van der Waals surface area contributed by atoms with Crippen molar-refractivity contribution < 1.29 is 0 Å². The Kier molecular flexibility index (Phi) is 4.11. The number of nitrogens with zero attached hydrogens (tertiary/aromatic N) is 2. The van der Waals surface area contributed by atoms with Gasteiger partial charge in [0.05, 0.1) is 16.3 Å². The van der Waals surface area contributed by atoms with E-state index in [1.807, 2.05) is 19.1 Å². The molecule has 0 spiro atoms. The highest BCUT2D eigenvalue weighted by atomic mass is 35.5. The zero-order chi connectivity index (χ0) is 13.1. The van der Waals surface area contributed by atoms with Crippen LogP contribution in [0.5, 0.6) is 0 Å². The monoisotopic (exact) mass is 263 g/mol. The molecule has 0 bridgehead atoms. The number of rotatable bonds is 2. The van der Waals surface area contributed by atoms with Gasteiger partial charge in [0.25, 0.3) is 0 Å². The second-order valence-corrected chi connectivity index (χ2v) is 5.27. The number of nitrogens with two attached hydrogens (primary N) is 1. The third-order valence-electron chi connectivity index (χ3n) is 3.57. The largest absolute Gasteiger partial charge is 0.366 e. The summed E-state index contributed by atoms with van der Waals surface area (Å²) >= 11 is 6.10. The van der Waals surface area contributed by atoms with Gasteiger partial charge in [-0.1, -0.05) is 17.7 Å². The highest BCUT2D eigenvalue weighted by molar-refractivity contribution is 6.32. The average Bonchev–Trinajstić information content (AvgIpc) is 2.38. The molecule has 1 heterocycles. The van der Waals surface area contributed by atoms with Gasteiger partial charge < -0.3 is 10.6 Å². The first-order chi connectivity index (χ1) is 8.65. The summed E-state index contributed by atoms with van der Waals surface area (Å²) in [6, 6.07) is 8.21. The molecular weight excluding hydrogens is 246 g/mol. The molecule has 4 heteroatoms. The van der Waals surface area contributed by atoms with Crippen LogP contribution >= 0.6 is 11.6 Å². The summed E-state index contributed by atoms with van der Waals surface area (Å²) in [4.78, 5) is 2.25. The van der Waals surface area contributed by atoms with Crippen molar-refractivity contribution in [2.75, 3.05) is 11.4 Å². The minimum Gasteiger partial charge on any atom is -0.366 e. The summed E-state index contributed by atoms with van der Waals surface area (Å²) in [5.41, 5.74) is 7.55. The lowest BCUT2D eigenvalue weighted by Gasteiger charge is -2.40. The van der Waals surface area contributed by atoms with Crippen molar-refractivity contribution in [2.24, 2.45) is 5.73 Å². The van der Waals surface area contributed by atoms with Crippen molar-refractivity contribution >= 4 is 17.3 Å². The van der Waals surface area contributed by atoms with Gasteiger partial charge in [0.15, 0.2) is 0 Å². The van der Waals surface area contributed by atoms with E-state index in [2.05, 4.69) is 11.0 Å². The molecule has 18 heavy (non-hydrogen) atoms. The molecule has 1 aliphatic heterocycles. The zero-order valence-electron chi connectivity index (χ0n) is 10.6. The second kappa shape index (κ2) is 5.60. The molecule has 3 nitrogen and oxygen atoms in total. The first-order valence-corrected chi connectivity index (χ1v) is 6.73. The summed E-state index contributed by atoms with van der Waals surface area (Å²) in [5, 5.41) is 9.78. The smallest absolute Gasteiger partial charge is 0.103 e. The number of benzene rings is 1. The van der Waals surface area contributed by atoms with Crippen LogP contribution in [0.25, 0.3) is 0 Å². The summed E-state index contributed by atoms with van der Waals surface area (Å²) in [7, 11) is 0. The third-order valence-corrected chi connectivity index (χ3v) is 3.88. The van der Waals surface area contributed by atoms with Crippen LogP contribution in [0.1, 0.15) is 31.7 Å². The van der Waals surface area contributed by atoms with Crippen molar-refractivity contribution in [3.63, 3.8) is 0 Å². The number of piperidine rings is 1. The van der Waals surface area contributed by atoms with E-state index in [0.29, 0.717) is 16.6 Å². The Morgan fingerprint density at radius 3 is 2.94 bits per heavy atom. The van der Waals surface area contributed by atoms with Crippen LogP contribution in [-0.2, 0) is 0 Å². The predicted octanol–water partition coefficient (Wildman–Crippen LogP) is 2.92. The normalized spacial score (nSPS) is 21.4. The maximum Gasteiger partial charge on any atom is 0.103 e. The summed E-state index contributed by atoms with van der Waals surface area (Å²) in [5.74, 6) is 0. The van der Waals surface area contributed by atoms with Gasteiger partial charge in [0.1, 0.15) is 6.07 Å². The van der Waals surface area contributed by atoms with Crippen molar-refractivity contribution in [3.8, 4) is 6.07 Å². The molecular formula is C14H18ClN3. The molecule has 1 aliphatic rings. The number of hydrogen-bond donors (Lipinski definition) is 1. The van der Waals surface area contributed by atoms with Gasteiger partial charge in [-0.2, -0.15) is 5.26 Å². The van der Waals surface area contributed by atoms with E-state index >= 15 is 0 Å². The van der Waals surface area contributed by atoms with Crippen molar-refractivity contribution in [1.29, 1.82) is 5.26 Å². The fourth-order valence-corrected chi connectivity index (χ4v) is 2.88. The Labute approximate surface area is 113 Å². The molecule has 0 aliphatic carbocycles. The van der Waals surface area contributed by atoms with Crippen LogP contribution in [-0.4, -0.2) is 18.6 Å². The Balaban J connectivity index is 2.40. The zero-order valence-corrected chi connectivity index (χ0v) is 11.3. The van der Waals surface area contributed by atoms with E-state index in [-0.39, 0.29) is 6.04 Å². The molecule has 2 unspecified atom stereocenters. The van der Waals surface area contributed by atoms with Crippen LogP contribution in [0.4, 0.5) is 5.69 Å². The Hall–Kier alpha value is -1.24. The highest BCUT2D eigenvalue weighted by Gasteiger charge is 2.27. The van der Waals surface area contributed by atoms with Crippen molar-refractivity contribution in [3.05, 3.63) is 28.8 Å². The molecule has 1 fully saturated rings. The third kappa shape index (κ3) is 2.45. The number of hydrogen-bond acceptors (Lipinski definition) is 3. The lowest BCUT2D eigenvalue weighted by atomic mass is 9.95. The first kappa shape index (κ1) is 13.2. The molecule has 1 aromatic carbocycles. The lowest BCUT2D eigenvalue weighted by Crippen LogP contribution is -2.49. The molecule has 2 rings (SSSR count). The standard InChI is InChI=1S/C14H18ClN3/c1-10(17)13-6-2-3-8-18(13)14-7-4-5-12(15)11(14)9-16/h4-5,7,10,13H,2-3,6,8,17H2,1H3. The molecule has 0 radical (unpaired) electrons. The fourth-order valence-electron chi connectivity index (χ4n) is 2.67. The summed E-state index contributed by atoms with van der Waals surface area (Å²) in [6.45, 7) is 2.97. The maximum atomic E-state index is 9.26. The maximum absolute atomic E-state index is 9.26. The van der Waals surface area contributed by atoms with Gasteiger partial charge in [-0.05, 0) is 38.3 Å². The summed E-state index contributed by atoms with van der Waals surface area (Å²) < 4.78 is 0. The van der Waals surface area contributed by atoms with E-state index in [9.17, 15) is 5.26 Å². The van der Waals surface area contributed by atoms with Crippen LogP contribution < -0.4 is 10.6 Å². The molecule has 2 atom stereocenters.